The van der Waals surface area contributed by atoms with Gasteiger partial charge in [0.2, 0.25) is 0 Å². The molecule has 0 saturated heterocycles. The first-order chi connectivity index (χ1) is 9.04. The molecule has 1 fully saturated rings. The number of nitrogens with one attached hydrogen (secondary N) is 2. The minimum Gasteiger partial charge on any atom is -0.393 e. The van der Waals surface area contributed by atoms with E-state index in [0.717, 1.165) is 19.3 Å². The van der Waals surface area contributed by atoms with Crippen LogP contribution in [0.5, 0.6) is 0 Å². The van der Waals surface area contributed by atoms with E-state index in [-0.39, 0.29) is 12.1 Å². The molecule has 19 heavy (non-hydrogen) atoms. The maximum absolute atomic E-state index is 11.7. The Labute approximate surface area is 122 Å². The number of rotatable bonds is 3. The van der Waals surface area contributed by atoms with Crippen LogP contribution >= 0.6 is 23.2 Å². The monoisotopic (exact) mass is 302 g/mol. The van der Waals surface area contributed by atoms with Crippen molar-refractivity contribution in [2.75, 3.05) is 11.9 Å². The molecule has 0 aliphatic heterocycles. The predicted molar refractivity (Wildman–Crippen MR) is 76.8 cm³/mol. The number of aliphatic hydroxyl groups excluding tert-OH is 1. The van der Waals surface area contributed by atoms with Crippen LogP contribution in [-0.2, 0) is 0 Å². The molecule has 2 amide bonds. The van der Waals surface area contributed by atoms with Crippen molar-refractivity contribution in [2.45, 2.75) is 25.4 Å². The number of halogens is 2. The third kappa shape index (κ3) is 4.27. The molecule has 0 aromatic heterocycles. The number of carbonyl (C=O) groups excluding carboxylic acids is 1. The number of urea groups is 1. The fourth-order valence-corrected chi connectivity index (χ4v) is 2.52. The van der Waals surface area contributed by atoms with Gasteiger partial charge < -0.3 is 15.7 Å². The van der Waals surface area contributed by atoms with Gasteiger partial charge in [0, 0.05) is 12.2 Å². The van der Waals surface area contributed by atoms with Crippen molar-refractivity contribution in [3.05, 3.63) is 28.2 Å². The molecule has 1 aromatic rings. The zero-order valence-corrected chi connectivity index (χ0v) is 11.8. The quantitative estimate of drug-likeness (QED) is 0.802. The van der Waals surface area contributed by atoms with E-state index in [2.05, 4.69) is 10.6 Å². The van der Waals surface area contributed by atoms with Crippen LogP contribution in [0.25, 0.3) is 0 Å². The van der Waals surface area contributed by atoms with Crippen LogP contribution in [0.1, 0.15) is 19.3 Å². The van der Waals surface area contributed by atoms with Crippen molar-refractivity contribution >= 4 is 34.9 Å². The molecule has 1 saturated carbocycles. The lowest BCUT2D eigenvalue weighted by Gasteiger charge is -2.12. The summed E-state index contributed by atoms with van der Waals surface area (Å²) in [5, 5.41) is 15.7. The fraction of sp³-hybridized carbons (Fsp3) is 0.462. The highest BCUT2D eigenvalue weighted by Crippen LogP contribution is 2.25. The molecule has 0 radical (unpaired) electrons. The maximum atomic E-state index is 11.7. The number of anilines is 1. The molecule has 3 N–H and O–H groups in total. The first-order valence-electron chi connectivity index (χ1n) is 6.22. The minimum absolute atomic E-state index is 0.218. The highest BCUT2D eigenvalue weighted by atomic mass is 35.5. The van der Waals surface area contributed by atoms with E-state index >= 15 is 0 Å². The second kappa shape index (κ2) is 6.46. The van der Waals surface area contributed by atoms with E-state index < -0.39 is 0 Å². The zero-order valence-electron chi connectivity index (χ0n) is 10.3. The SMILES string of the molecule is O=C(NCC1CCC(O)C1)Nc1ccc(Cl)c(Cl)c1. The van der Waals surface area contributed by atoms with Gasteiger partial charge in [-0.1, -0.05) is 23.2 Å². The van der Waals surface area contributed by atoms with Gasteiger partial charge in [0.1, 0.15) is 0 Å². The third-order valence-electron chi connectivity index (χ3n) is 3.24. The Morgan fingerprint density at radius 3 is 2.74 bits per heavy atom. The molecule has 1 aliphatic rings. The average Bonchev–Trinajstić information content (AvgIpc) is 2.77. The largest absolute Gasteiger partial charge is 0.393 e. The molecule has 2 atom stereocenters. The van der Waals surface area contributed by atoms with Gasteiger partial charge in [0.15, 0.2) is 0 Å². The zero-order chi connectivity index (χ0) is 13.8. The topological polar surface area (TPSA) is 61.4 Å². The first-order valence-corrected chi connectivity index (χ1v) is 6.98. The summed E-state index contributed by atoms with van der Waals surface area (Å²) < 4.78 is 0. The summed E-state index contributed by atoms with van der Waals surface area (Å²) in [4.78, 5) is 11.7. The number of benzene rings is 1. The van der Waals surface area contributed by atoms with Crippen LogP contribution in [0, 0.1) is 5.92 Å². The lowest BCUT2D eigenvalue weighted by Crippen LogP contribution is -2.32. The second-order valence-corrected chi connectivity index (χ2v) is 5.61. The van der Waals surface area contributed by atoms with Crippen molar-refractivity contribution < 1.29 is 9.90 Å². The molecule has 0 spiro atoms. The number of amides is 2. The molecule has 1 aliphatic carbocycles. The predicted octanol–water partition coefficient (Wildman–Crippen LogP) is 3.28. The average molecular weight is 303 g/mol. The highest BCUT2D eigenvalue weighted by molar-refractivity contribution is 6.42. The minimum atomic E-state index is -0.278. The Hall–Kier alpha value is -0.970. The van der Waals surface area contributed by atoms with Gasteiger partial charge in [-0.3, -0.25) is 0 Å². The lowest BCUT2D eigenvalue weighted by atomic mass is 10.1. The van der Waals surface area contributed by atoms with Gasteiger partial charge in [-0.05, 0) is 43.4 Å². The molecular formula is C13H16Cl2N2O2. The Kier molecular flexibility index (Phi) is 4.91. The Bertz CT molecular complexity index is 468. The number of hydrogen-bond donors (Lipinski definition) is 3. The van der Waals surface area contributed by atoms with E-state index in [9.17, 15) is 9.90 Å². The summed E-state index contributed by atoms with van der Waals surface area (Å²) in [5.41, 5.74) is 0.596. The molecule has 0 bridgehead atoms. The van der Waals surface area contributed by atoms with Crippen molar-refractivity contribution in [1.82, 2.24) is 5.32 Å². The van der Waals surface area contributed by atoms with Crippen LogP contribution in [0.3, 0.4) is 0 Å². The van der Waals surface area contributed by atoms with Crippen LogP contribution in [0.2, 0.25) is 10.0 Å². The molecule has 1 aromatic carbocycles. The van der Waals surface area contributed by atoms with Crippen LogP contribution < -0.4 is 10.6 Å². The summed E-state index contributed by atoms with van der Waals surface area (Å²) >= 11 is 11.7. The van der Waals surface area contributed by atoms with Crippen molar-refractivity contribution in [3.63, 3.8) is 0 Å². The van der Waals surface area contributed by atoms with Gasteiger partial charge >= 0.3 is 6.03 Å². The summed E-state index contributed by atoms with van der Waals surface area (Å²) in [6.07, 6.45) is 2.31. The Morgan fingerprint density at radius 2 is 2.11 bits per heavy atom. The standard InChI is InChI=1S/C13H16Cl2N2O2/c14-11-4-2-9(6-12(11)15)17-13(19)16-7-8-1-3-10(18)5-8/h2,4,6,8,10,18H,1,3,5,7H2,(H2,16,17,19). The first kappa shape index (κ1) is 14.4. The molecule has 6 heteroatoms. The summed E-state index contributed by atoms with van der Waals surface area (Å²) in [6.45, 7) is 0.574. The van der Waals surface area contributed by atoms with Crippen molar-refractivity contribution in [2.24, 2.45) is 5.92 Å². The normalized spacial score (nSPS) is 22.3. The molecule has 2 rings (SSSR count). The van der Waals surface area contributed by atoms with Gasteiger partial charge in [-0.15, -0.1) is 0 Å². The second-order valence-electron chi connectivity index (χ2n) is 4.80. The summed E-state index contributed by atoms with van der Waals surface area (Å²) in [6, 6.07) is 4.64. The molecule has 2 unspecified atom stereocenters. The Morgan fingerprint density at radius 1 is 1.32 bits per heavy atom. The van der Waals surface area contributed by atoms with E-state index in [0.29, 0.717) is 28.2 Å². The number of hydrogen-bond acceptors (Lipinski definition) is 2. The highest BCUT2D eigenvalue weighted by Gasteiger charge is 2.22. The molecule has 0 heterocycles. The summed E-state index contributed by atoms with van der Waals surface area (Å²) in [5.74, 6) is 0.356. The number of carbonyl (C=O) groups is 1. The molecule has 104 valence electrons. The van der Waals surface area contributed by atoms with E-state index in [1.807, 2.05) is 0 Å². The van der Waals surface area contributed by atoms with Crippen LogP contribution in [-0.4, -0.2) is 23.8 Å². The van der Waals surface area contributed by atoms with Crippen LogP contribution in [0.15, 0.2) is 18.2 Å². The summed E-state index contributed by atoms with van der Waals surface area (Å²) in [7, 11) is 0. The Balaban J connectivity index is 1.79. The van der Waals surface area contributed by atoms with E-state index in [4.69, 9.17) is 23.2 Å². The molecule has 4 nitrogen and oxygen atoms in total. The van der Waals surface area contributed by atoms with Crippen LogP contribution in [0.4, 0.5) is 10.5 Å². The third-order valence-corrected chi connectivity index (χ3v) is 3.98. The van der Waals surface area contributed by atoms with Crippen molar-refractivity contribution in [1.29, 1.82) is 0 Å². The smallest absolute Gasteiger partial charge is 0.319 e. The molecular weight excluding hydrogens is 287 g/mol. The maximum Gasteiger partial charge on any atom is 0.319 e. The fourth-order valence-electron chi connectivity index (χ4n) is 2.22. The van der Waals surface area contributed by atoms with Gasteiger partial charge in [0.25, 0.3) is 0 Å². The van der Waals surface area contributed by atoms with Crippen molar-refractivity contribution in [3.8, 4) is 0 Å². The lowest BCUT2D eigenvalue weighted by molar-refractivity contribution is 0.177. The van der Waals surface area contributed by atoms with Gasteiger partial charge in [0.05, 0.1) is 16.1 Å². The van der Waals surface area contributed by atoms with Gasteiger partial charge in [-0.2, -0.15) is 0 Å². The number of aliphatic hydroxyl groups is 1. The van der Waals surface area contributed by atoms with E-state index in [1.54, 1.807) is 18.2 Å². The van der Waals surface area contributed by atoms with E-state index in [1.165, 1.54) is 0 Å². The van der Waals surface area contributed by atoms with Gasteiger partial charge in [-0.25, -0.2) is 4.79 Å².